The Hall–Kier alpha value is -1.40. The Morgan fingerprint density at radius 2 is 1.61 bits per heavy atom. The Morgan fingerprint density at radius 3 is 2.04 bits per heavy atom. The molecule has 5 nitrogen and oxygen atoms in total. The van der Waals surface area contributed by atoms with E-state index in [-0.39, 0.29) is 5.91 Å². The minimum Gasteiger partial charge on any atom is -0.277 e. The molecule has 6 heteroatoms. The largest absolute Gasteiger partial charge is 0.277 e. The van der Waals surface area contributed by atoms with Crippen molar-refractivity contribution in [1.82, 2.24) is 10.3 Å². The molecule has 0 saturated carbocycles. The summed E-state index contributed by atoms with van der Waals surface area (Å²) in [4.78, 5) is 14.3. The van der Waals surface area contributed by atoms with Crippen molar-refractivity contribution >= 4 is 15.9 Å². The highest BCUT2D eigenvalue weighted by Crippen LogP contribution is 2.18. The molecule has 0 spiro atoms. The van der Waals surface area contributed by atoms with Crippen LogP contribution in [-0.2, 0) is 21.2 Å². The van der Waals surface area contributed by atoms with Gasteiger partial charge in [-0.2, -0.15) is 0 Å². The maximum atomic E-state index is 12.1. The molecule has 0 bridgehead atoms. The van der Waals surface area contributed by atoms with Crippen molar-refractivity contribution in [3.8, 4) is 0 Å². The van der Waals surface area contributed by atoms with Crippen LogP contribution in [0.1, 0.15) is 58.6 Å². The Labute approximate surface area is 139 Å². The van der Waals surface area contributed by atoms with Gasteiger partial charge in [0.1, 0.15) is 0 Å². The number of hydrogen-bond donors (Lipinski definition) is 2. The highest BCUT2D eigenvalue weighted by molar-refractivity contribution is 7.90. The summed E-state index contributed by atoms with van der Waals surface area (Å²) in [6, 6.07) is 7.86. The predicted molar refractivity (Wildman–Crippen MR) is 93.4 cm³/mol. The lowest BCUT2D eigenvalue weighted by molar-refractivity contribution is -0.122. The minimum absolute atomic E-state index is 0.380. The third-order valence-electron chi connectivity index (χ3n) is 3.63. The van der Waals surface area contributed by atoms with Gasteiger partial charge < -0.3 is 0 Å². The van der Waals surface area contributed by atoms with Gasteiger partial charge in [-0.15, -0.1) is 4.83 Å². The molecule has 0 aliphatic carbocycles. The molecule has 0 heterocycles. The van der Waals surface area contributed by atoms with Gasteiger partial charge in [0.15, 0.2) is 0 Å². The van der Waals surface area contributed by atoms with Crippen LogP contribution in [0.5, 0.6) is 0 Å². The van der Waals surface area contributed by atoms with Crippen LogP contribution >= 0.6 is 0 Å². The van der Waals surface area contributed by atoms with Gasteiger partial charge in [0.05, 0.1) is 10.7 Å². The van der Waals surface area contributed by atoms with Gasteiger partial charge in [0.25, 0.3) is 0 Å². The SMILES string of the molecule is CC(C)Cc1ccc([C@H](C)C(=O)NNS(=O)(=O)C(C)(C)C)cc1. The average molecular weight is 340 g/mol. The molecular weight excluding hydrogens is 312 g/mol. The van der Waals surface area contributed by atoms with E-state index < -0.39 is 20.7 Å². The smallest absolute Gasteiger partial charge is 0.242 e. The third-order valence-corrected chi connectivity index (χ3v) is 5.61. The van der Waals surface area contributed by atoms with Gasteiger partial charge in [-0.25, -0.2) is 8.42 Å². The zero-order valence-electron chi connectivity index (χ0n) is 14.8. The summed E-state index contributed by atoms with van der Waals surface area (Å²) < 4.78 is 22.9. The summed E-state index contributed by atoms with van der Waals surface area (Å²) in [6.45, 7) is 10.8. The fraction of sp³-hybridized carbons (Fsp3) is 0.588. The van der Waals surface area contributed by atoms with Gasteiger partial charge in [-0.3, -0.25) is 10.2 Å². The summed E-state index contributed by atoms with van der Waals surface area (Å²) in [6.07, 6.45) is 0.992. The molecule has 0 fully saturated rings. The van der Waals surface area contributed by atoms with Crippen LogP contribution in [0.3, 0.4) is 0 Å². The van der Waals surface area contributed by atoms with E-state index in [1.165, 1.54) is 5.56 Å². The fourth-order valence-electron chi connectivity index (χ4n) is 1.94. The zero-order valence-corrected chi connectivity index (χ0v) is 15.6. The van der Waals surface area contributed by atoms with Gasteiger partial charge in [0, 0.05) is 0 Å². The zero-order chi connectivity index (χ0) is 17.8. The number of benzene rings is 1. The van der Waals surface area contributed by atoms with Gasteiger partial charge in [-0.05, 0) is 51.2 Å². The van der Waals surface area contributed by atoms with E-state index >= 15 is 0 Å². The summed E-state index contributed by atoms with van der Waals surface area (Å²) in [5.41, 5.74) is 4.38. The number of hydrogen-bond acceptors (Lipinski definition) is 3. The van der Waals surface area contributed by atoms with Crippen LogP contribution in [0.4, 0.5) is 0 Å². The van der Waals surface area contributed by atoms with Crippen molar-refractivity contribution in [2.45, 2.75) is 58.6 Å². The van der Waals surface area contributed by atoms with Crippen LogP contribution in [0.15, 0.2) is 24.3 Å². The summed E-state index contributed by atoms with van der Waals surface area (Å²) in [5.74, 6) is -0.242. The lowest BCUT2D eigenvalue weighted by Crippen LogP contribution is -2.49. The topological polar surface area (TPSA) is 75.3 Å². The van der Waals surface area contributed by atoms with E-state index in [1.54, 1.807) is 27.7 Å². The molecule has 1 aromatic carbocycles. The number of rotatable bonds is 6. The molecule has 0 unspecified atom stereocenters. The van der Waals surface area contributed by atoms with Crippen LogP contribution in [0, 0.1) is 5.92 Å². The number of amides is 1. The molecule has 130 valence electrons. The van der Waals surface area contributed by atoms with Crippen molar-refractivity contribution < 1.29 is 13.2 Å². The monoisotopic (exact) mass is 340 g/mol. The van der Waals surface area contributed by atoms with E-state index in [4.69, 9.17) is 0 Å². The first-order chi connectivity index (χ1) is 10.4. The first-order valence-corrected chi connectivity index (χ1v) is 9.32. The average Bonchev–Trinajstić information content (AvgIpc) is 2.43. The number of hydrazine groups is 1. The third kappa shape index (κ3) is 5.62. The van der Waals surface area contributed by atoms with Crippen LogP contribution in [0.25, 0.3) is 0 Å². The van der Waals surface area contributed by atoms with Crippen molar-refractivity contribution in [1.29, 1.82) is 0 Å². The number of sulfonamides is 1. The van der Waals surface area contributed by atoms with E-state index in [2.05, 4.69) is 24.1 Å². The summed E-state index contributed by atoms with van der Waals surface area (Å²) >= 11 is 0. The van der Waals surface area contributed by atoms with Crippen molar-refractivity contribution in [3.63, 3.8) is 0 Å². The molecule has 0 aromatic heterocycles. The van der Waals surface area contributed by atoms with E-state index in [1.807, 2.05) is 24.3 Å². The summed E-state index contributed by atoms with van der Waals surface area (Å²) in [7, 11) is -3.61. The van der Waals surface area contributed by atoms with Crippen LogP contribution < -0.4 is 10.3 Å². The molecule has 1 aromatic rings. The Balaban J connectivity index is 2.70. The van der Waals surface area contributed by atoms with Crippen molar-refractivity contribution in [2.24, 2.45) is 5.92 Å². The Morgan fingerprint density at radius 1 is 1.09 bits per heavy atom. The standard InChI is InChI=1S/C17H28N2O3S/c1-12(2)11-14-7-9-15(10-8-14)13(3)16(20)18-19-23(21,22)17(4,5)6/h7-10,12-13,19H,11H2,1-6H3,(H,18,20)/t13-/m0/s1. The summed E-state index contributed by atoms with van der Waals surface area (Å²) in [5, 5.41) is 0. The first-order valence-electron chi connectivity index (χ1n) is 7.84. The highest BCUT2D eigenvalue weighted by atomic mass is 32.2. The number of nitrogens with one attached hydrogen (secondary N) is 2. The maximum absolute atomic E-state index is 12.1. The van der Waals surface area contributed by atoms with E-state index in [9.17, 15) is 13.2 Å². The molecular formula is C17H28N2O3S. The van der Waals surface area contributed by atoms with Crippen molar-refractivity contribution in [2.75, 3.05) is 0 Å². The first kappa shape index (κ1) is 19.6. The number of carbonyl (C=O) groups excluding carboxylic acids is 1. The van der Waals surface area contributed by atoms with Gasteiger partial charge in [-0.1, -0.05) is 38.1 Å². The van der Waals surface area contributed by atoms with E-state index in [0.717, 1.165) is 12.0 Å². The quantitative estimate of drug-likeness (QED) is 0.782. The highest BCUT2D eigenvalue weighted by Gasteiger charge is 2.29. The normalized spacial score (nSPS) is 13.9. The minimum atomic E-state index is -3.61. The second-order valence-electron chi connectivity index (χ2n) is 7.27. The maximum Gasteiger partial charge on any atom is 0.242 e. The lowest BCUT2D eigenvalue weighted by Gasteiger charge is -2.21. The van der Waals surface area contributed by atoms with E-state index in [0.29, 0.717) is 5.92 Å². The molecule has 0 aliphatic rings. The van der Waals surface area contributed by atoms with Crippen molar-refractivity contribution in [3.05, 3.63) is 35.4 Å². The second-order valence-corrected chi connectivity index (χ2v) is 9.70. The van der Waals surface area contributed by atoms with Crippen LogP contribution in [-0.4, -0.2) is 19.1 Å². The molecule has 1 atom stereocenters. The molecule has 2 N–H and O–H groups in total. The Kier molecular flexibility index (Phi) is 6.36. The predicted octanol–water partition coefficient (Wildman–Crippen LogP) is 2.74. The van der Waals surface area contributed by atoms with Gasteiger partial charge >= 0.3 is 0 Å². The lowest BCUT2D eigenvalue weighted by atomic mass is 9.96. The van der Waals surface area contributed by atoms with Gasteiger partial charge in [0.2, 0.25) is 15.9 Å². The van der Waals surface area contributed by atoms with Crippen LogP contribution in [0.2, 0.25) is 0 Å². The molecule has 23 heavy (non-hydrogen) atoms. The molecule has 0 aliphatic heterocycles. The molecule has 1 rings (SSSR count). The fourth-order valence-corrected chi connectivity index (χ4v) is 2.49. The molecule has 0 saturated heterocycles. The second kappa shape index (κ2) is 7.45. The molecule has 1 amide bonds. The Bertz CT molecular complexity index is 629. The molecule has 0 radical (unpaired) electrons. The number of carbonyl (C=O) groups is 1.